The van der Waals surface area contributed by atoms with Gasteiger partial charge in [0.05, 0.1) is 10.8 Å². The van der Waals surface area contributed by atoms with E-state index in [9.17, 15) is 4.79 Å². The molecule has 1 saturated heterocycles. The predicted octanol–water partition coefficient (Wildman–Crippen LogP) is 2.81. The van der Waals surface area contributed by atoms with Crippen LogP contribution in [0, 0.1) is 23.7 Å². The van der Waals surface area contributed by atoms with E-state index in [1.54, 1.807) is 11.8 Å². The zero-order valence-corrected chi connectivity index (χ0v) is 12.5. The van der Waals surface area contributed by atoms with Crippen LogP contribution in [0.5, 0.6) is 0 Å². The first-order valence-electron chi connectivity index (χ1n) is 7.63. The summed E-state index contributed by atoms with van der Waals surface area (Å²) in [4.78, 5) is 17.0. The van der Waals surface area contributed by atoms with Gasteiger partial charge in [0.15, 0.2) is 5.17 Å². The molecule has 1 heterocycles. The molecule has 19 heavy (non-hydrogen) atoms. The van der Waals surface area contributed by atoms with Gasteiger partial charge >= 0.3 is 0 Å². The van der Waals surface area contributed by atoms with Crippen LogP contribution < -0.4 is 5.32 Å². The van der Waals surface area contributed by atoms with E-state index in [0.717, 1.165) is 22.9 Å². The van der Waals surface area contributed by atoms with Crippen LogP contribution in [0.25, 0.3) is 0 Å². The van der Waals surface area contributed by atoms with Crippen LogP contribution in [-0.2, 0) is 4.79 Å². The van der Waals surface area contributed by atoms with Gasteiger partial charge in [-0.05, 0) is 55.8 Å². The summed E-state index contributed by atoms with van der Waals surface area (Å²) in [6.07, 6.45) is 6.77. The second-order valence-corrected chi connectivity index (χ2v) is 8.47. The maximum Gasteiger partial charge on any atom is 0.239 e. The third kappa shape index (κ3) is 1.78. The molecule has 1 aliphatic heterocycles. The van der Waals surface area contributed by atoms with Gasteiger partial charge in [0.2, 0.25) is 5.91 Å². The normalized spacial score (nSPS) is 49.6. The average molecular weight is 278 g/mol. The van der Waals surface area contributed by atoms with Crippen molar-refractivity contribution in [3.05, 3.63) is 0 Å². The Kier molecular flexibility index (Phi) is 2.58. The highest BCUT2D eigenvalue weighted by atomic mass is 32.2. The largest absolute Gasteiger partial charge is 0.304 e. The number of amidine groups is 1. The van der Waals surface area contributed by atoms with Crippen molar-refractivity contribution in [3.63, 3.8) is 0 Å². The van der Waals surface area contributed by atoms with Crippen LogP contribution in [0.3, 0.4) is 0 Å². The van der Waals surface area contributed by atoms with Gasteiger partial charge in [0, 0.05) is 0 Å². The van der Waals surface area contributed by atoms with Crippen LogP contribution in [0.4, 0.5) is 0 Å². The lowest BCUT2D eigenvalue weighted by Crippen LogP contribution is -2.32. The first kappa shape index (κ1) is 12.2. The summed E-state index contributed by atoms with van der Waals surface area (Å²) in [5.74, 6) is 3.19. The highest BCUT2D eigenvalue weighted by molar-refractivity contribution is 8.15. The summed E-state index contributed by atoms with van der Waals surface area (Å²) >= 11 is 1.66. The quantitative estimate of drug-likeness (QED) is 0.844. The van der Waals surface area contributed by atoms with Crippen molar-refractivity contribution in [2.45, 2.75) is 56.7 Å². The number of amides is 1. The molecule has 104 valence electrons. The van der Waals surface area contributed by atoms with E-state index in [0.29, 0.717) is 5.92 Å². The van der Waals surface area contributed by atoms with Crippen LogP contribution in [0.15, 0.2) is 4.99 Å². The van der Waals surface area contributed by atoms with Gasteiger partial charge in [-0.1, -0.05) is 25.6 Å². The fourth-order valence-corrected chi connectivity index (χ4v) is 6.08. The molecular weight excluding hydrogens is 256 g/mol. The number of thioether (sulfide) groups is 1. The van der Waals surface area contributed by atoms with E-state index in [2.05, 4.69) is 19.2 Å². The summed E-state index contributed by atoms with van der Waals surface area (Å²) in [5.41, 5.74) is 0.203. The van der Waals surface area contributed by atoms with E-state index in [1.807, 2.05) is 0 Å². The van der Waals surface area contributed by atoms with Crippen LogP contribution >= 0.6 is 11.8 Å². The SMILES string of the molecule is CC(C)C1SC(=NC23CC4CC(CC2C4)C3)NC1=O. The highest BCUT2D eigenvalue weighted by Crippen LogP contribution is 2.62. The molecule has 0 aromatic rings. The molecule has 4 saturated carbocycles. The van der Waals surface area contributed by atoms with E-state index in [1.165, 1.54) is 32.1 Å². The number of carbonyl (C=O) groups is 1. The van der Waals surface area contributed by atoms with Gasteiger partial charge < -0.3 is 5.32 Å². The molecule has 0 radical (unpaired) electrons. The third-order valence-electron chi connectivity index (χ3n) is 5.60. The van der Waals surface area contributed by atoms with Crippen molar-refractivity contribution < 1.29 is 4.79 Å². The van der Waals surface area contributed by atoms with Crippen LogP contribution in [0.1, 0.15) is 46.0 Å². The minimum Gasteiger partial charge on any atom is -0.304 e. The average Bonchev–Trinajstić information content (AvgIpc) is 2.86. The molecule has 1 amide bonds. The topological polar surface area (TPSA) is 41.5 Å². The van der Waals surface area contributed by atoms with Crippen molar-refractivity contribution in [1.29, 1.82) is 0 Å². The molecule has 3 nitrogen and oxygen atoms in total. The van der Waals surface area contributed by atoms with E-state index in [-0.39, 0.29) is 16.7 Å². The highest BCUT2D eigenvalue weighted by Gasteiger charge is 2.58. The zero-order valence-electron chi connectivity index (χ0n) is 11.7. The molecule has 0 aromatic carbocycles. The molecule has 4 bridgehead atoms. The maximum absolute atomic E-state index is 12.0. The Labute approximate surface area is 119 Å². The minimum absolute atomic E-state index is 0.0611. The van der Waals surface area contributed by atoms with Gasteiger partial charge in [0.25, 0.3) is 0 Å². The summed E-state index contributed by atoms with van der Waals surface area (Å²) < 4.78 is 0. The second-order valence-electron chi connectivity index (χ2n) is 7.34. The third-order valence-corrected chi connectivity index (χ3v) is 7.03. The van der Waals surface area contributed by atoms with Crippen molar-refractivity contribution in [1.82, 2.24) is 5.32 Å². The molecule has 3 atom stereocenters. The van der Waals surface area contributed by atoms with Crippen LogP contribution in [-0.4, -0.2) is 21.9 Å². The lowest BCUT2D eigenvalue weighted by molar-refractivity contribution is -0.119. The summed E-state index contributed by atoms with van der Waals surface area (Å²) in [7, 11) is 0. The van der Waals surface area contributed by atoms with Crippen molar-refractivity contribution >= 4 is 22.8 Å². The molecule has 5 rings (SSSR count). The predicted molar refractivity (Wildman–Crippen MR) is 78.1 cm³/mol. The van der Waals surface area contributed by atoms with Gasteiger partial charge in [0.1, 0.15) is 0 Å². The summed E-state index contributed by atoms with van der Waals surface area (Å²) in [6, 6.07) is 0. The number of nitrogens with zero attached hydrogens (tertiary/aromatic N) is 1. The fourth-order valence-electron chi connectivity index (χ4n) is 5.01. The Balaban J connectivity index is 1.59. The molecule has 4 aliphatic carbocycles. The maximum atomic E-state index is 12.0. The van der Waals surface area contributed by atoms with Crippen molar-refractivity contribution in [2.75, 3.05) is 0 Å². The van der Waals surface area contributed by atoms with Gasteiger partial charge in [-0.3, -0.25) is 9.79 Å². The molecule has 5 fully saturated rings. The second kappa shape index (κ2) is 4.00. The zero-order chi connectivity index (χ0) is 13.2. The van der Waals surface area contributed by atoms with Crippen LogP contribution in [0.2, 0.25) is 0 Å². The Morgan fingerprint density at radius 3 is 2.53 bits per heavy atom. The molecular formula is C15H22N2OS. The molecule has 1 N–H and O–H groups in total. The van der Waals surface area contributed by atoms with Crippen molar-refractivity contribution in [2.24, 2.45) is 28.7 Å². The Morgan fingerprint density at radius 2 is 1.95 bits per heavy atom. The first-order chi connectivity index (χ1) is 9.06. The number of hydrogen-bond acceptors (Lipinski definition) is 3. The number of nitrogens with one attached hydrogen (secondary N) is 1. The molecule has 0 spiro atoms. The molecule has 4 heteroatoms. The number of aliphatic imine (C=N–C) groups is 1. The molecule has 3 unspecified atom stereocenters. The fraction of sp³-hybridized carbons (Fsp3) is 0.867. The number of rotatable bonds is 2. The Hall–Kier alpha value is -0.510. The first-order valence-corrected chi connectivity index (χ1v) is 8.51. The number of carbonyl (C=O) groups excluding carboxylic acids is 1. The van der Waals surface area contributed by atoms with E-state index < -0.39 is 0 Å². The van der Waals surface area contributed by atoms with E-state index >= 15 is 0 Å². The van der Waals surface area contributed by atoms with Crippen molar-refractivity contribution in [3.8, 4) is 0 Å². The lowest BCUT2D eigenvalue weighted by atomic mass is 9.81. The van der Waals surface area contributed by atoms with Gasteiger partial charge in [-0.2, -0.15) is 0 Å². The monoisotopic (exact) mass is 278 g/mol. The Bertz CT molecular complexity index is 445. The molecule has 0 aromatic heterocycles. The summed E-state index contributed by atoms with van der Waals surface area (Å²) in [5, 5.41) is 4.00. The smallest absolute Gasteiger partial charge is 0.239 e. The molecule has 5 aliphatic rings. The summed E-state index contributed by atoms with van der Waals surface area (Å²) in [6.45, 7) is 4.23. The lowest BCUT2D eigenvalue weighted by Gasteiger charge is -2.29. The Morgan fingerprint density at radius 1 is 1.26 bits per heavy atom. The van der Waals surface area contributed by atoms with E-state index in [4.69, 9.17) is 4.99 Å². The standard InChI is InChI=1S/C15H22N2OS/c1-8(2)12-13(18)16-14(19-12)17-15-6-9-3-10(7-15)5-11(15)4-9/h8-12H,3-7H2,1-2H3,(H,16,17,18). The van der Waals surface area contributed by atoms with Gasteiger partial charge in [-0.15, -0.1) is 0 Å². The minimum atomic E-state index is 0.0611. The number of hydrogen-bond donors (Lipinski definition) is 1. The van der Waals surface area contributed by atoms with Gasteiger partial charge in [-0.25, -0.2) is 0 Å².